The van der Waals surface area contributed by atoms with Gasteiger partial charge in [-0.15, -0.1) is 0 Å². The second-order valence-corrected chi connectivity index (χ2v) is 6.98. The molecule has 0 bridgehead atoms. The molecule has 3 atom stereocenters. The molecule has 2 fully saturated rings. The van der Waals surface area contributed by atoms with E-state index in [2.05, 4.69) is 12.2 Å². The SMILES string of the molecule is C[C@@H]1CN(C(=O)C2CC2)CC[C@H]1N[C@H](C(N)=O)c1ccc(F)cc1. The molecule has 1 saturated heterocycles. The van der Waals surface area contributed by atoms with Crippen molar-refractivity contribution in [2.75, 3.05) is 13.1 Å². The Labute approximate surface area is 141 Å². The predicted octanol–water partition coefficient (Wildman–Crippen LogP) is 1.59. The van der Waals surface area contributed by atoms with Crippen LogP contribution < -0.4 is 11.1 Å². The van der Waals surface area contributed by atoms with Crippen LogP contribution in [0.15, 0.2) is 24.3 Å². The molecule has 3 rings (SSSR count). The van der Waals surface area contributed by atoms with Gasteiger partial charge in [-0.3, -0.25) is 14.9 Å². The predicted molar refractivity (Wildman–Crippen MR) is 88.3 cm³/mol. The van der Waals surface area contributed by atoms with E-state index in [1.54, 1.807) is 12.1 Å². The second-order valence-electron chi connectivity index (χ2n) is 6.98. The van der Waals surface area contributed by atoms with Gasteiger partial charge in [-0.25, -0.2) is 4.39 Å². The molecular weight excluding hydrogens is 309 g/mol. The number of nitrogens with one attached hydrogen (secondary N) is 1. The highest BCUT2D eigenvalue weighted by Crippen LogP contribution is 2.32. The summed E-state index contributed by atoms with van der Waals surface area (Å²) in [5.74, 6) is -0.0964. The Morgan fingerprint density at radius 1 is 1.25 bits per heavy atom. The first-order chi connectivity index (χ1) is 11.5. The van der Waals surface area contributed by atoms with Crippen LogP contribution in [0, 0.1) is 17.7 Å². The summed E-state index contributed by atoms with van der Waals surface area (Å²) in [6.07, 6.45) is 2.81. The summed E-state index contributed by atoms with van der Waals surface area (Å²) < 4.78 is 13.1. The molecule has 2 aliphatic rings. The number of benzene rings is 1. The summed E-state index contributed by atoms with van der Waals surface area (Å²) in [5.41, 5.74) is 6.19. The molecule has 6 heteroatoms. The maximum absolute atomic E-state index is 13.1. The van der Waals surface area contributed by atoms with E-state index in [-0.39, 0.29) is 29.6 Å². The van der Waals surface area contributed by atoms with E-state index in [1.807, 2.05) is 4.90 Å². The molecular formula is C18H24FN3O2. The average molecular weight is 333 g/mol. The summed E-state index contributed by atoms with van der Waals surface area (Å²) in [4.78, 5) is 26.0. The molecule has 3 N–H and O–H groups in total. The second kappa shape index (κ2) is 6.89. The molecule has 0 radical (unpaired) electrons. The zero-order valence-corrected chi connectivity index (χ0v) is 13.9. The van der Waals surface area contributed by atoms with Crippen LogP contribution in [0.4, 0.5) is 4.39 Å². The molecule has 0 spiro atoms. The van der Waals surface area contributed by atoms with Crippen LogP contribution in [0.2, 0.25) is 0 Å². The zero-order chi connectivity index (χ0) is 17.3. The summed E-state index contributed by atoms with van der Waals surface area (Å²) in [7, 11) is 0. The van der Waals surface area contributed by atoms with Crippen molar-refractivity contribution in [3.8, 4) is 0 Å². The number of carbonyl (C=O) groups excluding carboxylic acids is 2. The van der Waals surface area contributed by atoms with E-state index in [4.69, 9.17) is 5.73 Å². The molecule has 1 aliphatic heterocycles. The third-order valence-corrected chi connectivity index (χ3v) is 5.01. The van der Waals surface area contributed by atoms with Crippen LogP contribution in [0.1, 0.15) is 37.8 Å². The number of piperidine rings is 1. The van der Waals surface area contributed by atoms with E-state index in [9.17, 15) is 14.0 Å². The number of hydrogen-bond acceptors (Lipinski definition) is 3. The number of likely N-dealkylation sites (tertiary alicyclic amines) is 1. The van der Waals surface area contributed by atoms with E-state index >= 15 is 0 Å². The van der Waals surface area contributed by atoms with E-state index in [0.29, 0.717) is 18.7 Å². The van der Waals surface area contributed by atoms with Crippen LogP contribution in [-0.4, -0.2) is 35.8 Å². The lowest BCUT2D eigenvalue weighted by molar-refractivity contribution is -0.135. The Morgan fingerprint density at radius 2 is 1.92 bits per heavy atom. The number of nitrogens with two attached hydrogens (primary N) is 1. The molecule has 1 aromatic carbocycles. The number of nitrogens with zero attached hydrogens (tertiary/aromatic N) is 1. The lowest BCUT2D eigenvalue weighted by Gasteiger charge is -2.39. The average Bonchev–Trinajstić information content (AvgIpc) is 3.38. The minimum atomic E-state index is -0.649. The van der Waals surface area contributed by atoms with Crippen molar-refractivity contribution in [3.63, 3.8) is 0 Å². The summed E-state index contributed by atoms with van der Waals surface area (Å²) >= 11 is 0. The maximum atomic E-state index is 13.1. The van der Waals surface area contributed by atoms with Crippen molar-refractivity contribution in [1.82, 2.24) is 10.2 Å². The first-order valence-electron chi connectivity index (χ1n) is 8.55. The van der Waals surface area contributed by atoms with Crippen LogP contribution in [0.25, 0.3) is 0 Å². The Hall–Kier alpha value is -1.95. The van der Waals surface area contributed by atoms with Gasteiger partial charge in [0, 0.05) is 25.0 Å². The van der Waals surface area contributed by atoms with Crippen LogP contribution >= 0.6 is 0 Å². The minimum Gasteiger partial charge on any atom is -0.368 e. The first-order valence-corrected chi connectivity index (χ1v) is 8.55. The minimum absolute atomic E-state index is 0.0933. The summed E-state index contributed by atoms with van der Waals surface area (Å²) in [5, 5.41) is 3.31. The lowest BCUT2D eigenvalue weighted by Crippen LogP contribution is -2.52. The Kier molecular flexibility index (Phi) is 4.85. The fraction of sp³-hybridized carbons (Fsp3) is 0.556. The van der Waals surface area contributed by atoms with Gasteiger partial charge >= 0.3 is 0 Å². The largest absolute Gasteiger partial charge is 0.368 e. The molecule has 1 aliphatic carbocycles. The molecule has 1 saturated carbocycles. The van der Waals surface area contributed by atoms with Crippen molar-refractivity contribution in [3.05, 3.63) is 35.6 Å². The van der Waals surface area contributed by atoms with Gasteiger partial charge in [0.15, 0.2) is 0 Å². The van der Waals surface area contributed by atoms with Crippen LogP contribution in [0.5, 0.6) is 0 Å². The third-order valence-electron chi connectivity index (χ3n) is 5.01. The normalized spacial score (nSPS) is 25.3. The third kappa shape index (κ3) is 3.75. The van der Waals surface area contributed by atoms with Crippen molar-refractivity contribution < 1.29 is 14.0 Å². The number of carbonyl (C=O) groups is 2. The van der Waals surface area contributed by atoms with Crippen molar-refractivity contribution in [2.45, 2.75) is 38.3 Å². The highest BCUT2D eigenvalue weighted by atomic mass is 19.1. The number of amides is 2. The molecule has 0 unspecified atom stereocenters. The molecule has 5 nitrogen and oxygen atoms in total. The molecule has 1 heterocycles. The number of halogens is 1. The quantitative estimate of drug-likeness (QED) is 0.859. The first kappa shape index (κ1) is 16.9. The van der Waals surface area contributed by atoms with Crippen molar-refractivity contribution >= 4 is 11.8 Å². The monoisotopic (exact) mass is 333 g/mol. The Balaban J connectivity index is 1.64. The van der Waals surface area contributed by atoms with Gasteiger partial charge in [-0.05, 0) is 42.9 Å². The topological polar surface area (TPSA) is 75.4 Å². The summed E-state index contributed by atoms with van der Waals surface area (Å²) in [6.45, 7) is 3.47. The number of primary amides is 1. The fourth-order valence-electron chi connectivity index (χ4n) is 3.39. The van der Waals surface area contributed by atoms with Gasteiger partial charge in [0.05, 0.1) is 0 Å². The van der Waals surface area contributed by atoms with Crippen LogP contribution in [0.3, 0.4) is 0 Å². The highest BCUT2D eigenvalue weighted by molar-refractivity contribution is 5.82. The van der Waals surface area contributed by atoms with Gasteiger partial charge in [0.1, 0.15) is 11.9 Å². The fourth-order valence-corrected chi connectivity index (χ4v) is 3.39. The van der Waals surface area contributed by atoms with Gasteiger partial charge < -0.3 is 10.6 Å². The molecule has 130 valence electrons. The van der Waals surface area contributed by atoms with Gasteiger partial charge in [0.25, 0.3) is 0 Å². The lowest BCUT2D eigenvalue weighted by atomic mass is 9.91. The highest BCUT2D eigenvalue weighted by Gasteiger charge is 2.37. The standard InChI is InChI=1S/C18H24FN3O2/c1-11-10-22(18(24)13-2-3-13)9-8-15(11)21-16(17(20)23)12-4-6-14(19)7-5-12/h4-7,11,13,15-16,21H,2-3,8-10H2,1H3,(H2,20,23)/t11-,15-,16+/m1/s1. The van der Waals surface area contributed by atoms with Crippen molar-refractivity contribution in [2.24, 2.45) is 17.6 Å². The number of rotatable bonds is 5. The van der Waals surface area contributed by atoms with Gasteiger partial charge in [-0.2, -0.15) is 0 Å². The van der Waals surface area contributed by atoms with Crippen molar-refractivity contribution in [1.29, 1.82) is 0 Å². The zero-order valence-electron chi connectivity index (χ0n) is 13.9. The smallest absolute Gasteiger partial charge is 0.239 e. The van der Waals surface area contributed by atoms with Crippen LogP contribution in [-0.2, 0) is 9.59 Å². The van der Waals surface area contributed by atoms with Gasteiger partial charge in [-0.1, -0.05) is 19.1 Å². The van der Waals surface area contributed by atoms with Gasteiger partial charge in [0.2, 0.25) is 11.8 Å². The summed E-state index contributed by atoms with van der Waals surface area (Å²) in [6, 6.07) is 5.25. The van der Waals surface area contributed by atoms with E-state index in [0.717, 1.165) is 19.3 Å². The molecule has 0 aromatic heterocycles. The molecule has 1 aromatic rings. The maximum Gasteiger partial charge on any atom is 0.239 e. The Morgan fingerprint density at radius 3 is 2.46 bits per heavy atom. The van der Waals surface area contributed by atoms with E-state index < -0.39 is 11.9 Å². The number of hydrogen-bond donors (Lipinski definition) is 2. The molecule has 24 heavy (non-hydrogen) atoms. The van der Waals surface area contributed by atoms with E-state index in [1.165, 1.54) is 12.1 Å². The molecule has 2 amide bonds. The Bertz CT molecular complexity index is 615.